The molecule has 0 atom stereocenters. The Bertz CT molecular complexity index is 615. The van der Waals surface area contributed by atoms with E-state index in [0.29, 0.717) is 15.8 Å². The number of aromatic carboxylic acids is 1. The van der Waals surface area contributed by atoms with Gasteiger partial charge in [0.05, 0.1) is 11.4 Å². The number of carboxylic acid groups (broad SMARTS) is 1. The first-order valence-corrected chi connectivity index (χ1v) is 6.89. The quantitative estimate of drug-likeness (QED) is 0.868. The fraction of sp³-hybridized carbons (Fsp3) is 0.0909. The van der Waals surface area contributed by atoms with Gasteiger partial charge in [0.25, 0.3) is 0 Å². The maximum absolute atomic E-state index is 10.9. The third-order valence-corrected chi connectivity index (χ3v) is 4.15. The fourth-order valence-corrected chi connectivity index (χ4v) is 2.69. The molecule has 0 spiro atoms. The van der Waals surface area contributed by atoms with Crippen molar-refractivity contribution in [3.63, 3.8) is 0 Å². The van der Waals surface area contributed by atoms with Gasteiger partial charge in [-0.2, -0.15) is 0 Å². The normalized spacial score (nSPS) is 10.4. The molecule has 2 N–H and O–H groups in total. The van der Waals surface area contributed by atoms with Crippen molar-refractivity contribution < 1.29 is 9.90 Å². The molecule has 0 amide bonds. The van der Waals surface area contributed by atoms with E-state index >= 15 is 0 Å². The number of anilines is 2. The Morgan fingerprint density at radius 2 is 2.28 bits per heavy atom. The molecule has 1 aromatic heterocycles. The maximum Gasteiger partial charge on any atom is 0.347 e. The number of halogens is 2. The number of carbonyl (C=O) groups is 1. The van der Waals surface area contributed by atoms with E-state index in [4.69, 9.17) is 16.7 Å². The molecule has 18 heavy (non-hydrogen) atoms. The number of aryl methyl sites for hydroxylation is 1. The van der Waals surface area contributed by atoms with Gasteiger partial charge in [-0.1, -0.05) is 22.9 Å². The van der Waals surface area contributed by atoms with E-state index in [1.54, 1.807) is 19.1 Å². The Hall–Kier alpha value is -1.11. The zero-order valence-corrected chi connectivity index (χ0v) is 12.4. The number of rotatable bonds is 3. The van der Waals surface area contributed by atoms with Gasteiger partial charge in [0.2, 0.25) is 0 Å². The van der Waals surface area contributed by atoms with Crippen LogP contribution in [0.25, 0.3) is 0 Å². The summed E-state index contributed by atoms with van der Waals surface area (Å²) in [5, 5.41) is 13.1. The number of nitrogens with zero attached hydrogens (tertiary/aromatic N) is 1. The molecule has 0 aliphatic carbocycles. The second kappa shape index (κ2) is 5.26. The number of hydrogen-bond acceptors (Lipinski definition) is 4. The van der Waals surface area contributed by atoms with Crippen molar-refractivity contribution in [2.75, 3.05) is 5.32 Å². The highest BCUT2D eigenvalue weighted by atomic mass is 79.9. The summed E-state index contributed by atoms with van der Waals surface area (Å²) in [5.74, 6) is -0.969. The highest BCUT2D eigenvalue weighted by Crippen LogP contribution is 2.31. The molecule has 94 valence electrons. The van der Waals surface area contributed by atoms with Crippen molar-refractivity contribution >= 4 is 55.7 Å². The molecule has 4 nitrogen and oxygen atoms in total. The summed E-state index contributed by atoms with van der Waals surface area (Å²) >= 11 is 10.4. The van der Waals surface area contributed by atoms with Crippen LogP contribution in [0, 0.1) is 6.92 Å². The summed E-state index contributed by atoms with van der Waals surface area (Å²) in [5.41, 5.74) is 1.24. The largest absolute Gasteiger partial charge is 0.477 e. The van der Waals surface area contributed by atoms with Crippen LogP contribution in [0.3, 0.4) is 0 Å². The lowest BCUT2D eigenvalue weighted by atomic mass is 10.3. The summed E-state index contributed by atoms with van der Waals surface area (Å²) in [6.45, 7) is 1.66. The number of nitrogens with one attached hydrogen (secondary N) is 1. The van der Waals surface area contributed by atoms with E-state index in [1.807, 2.05) is 6.07 Å². The minimum atomic E-state index is -0.969. The summed E-state index contributed by atoms with van der Waals surface area (Å²) < 4.78 is 0.830. The topological polar surface area (TPSA) is 62.2 Å². The highest BCUT2D eigenvalue weighted by molar-refractivity contribution is 9.10. The molecule has 0 saturated carbocycles. The minimum absolute atomic E-state index is 0.232. The Labute approximate surface area is 121 Å². The standard InChI is InChI=1S/C11H8BrClN2O2S/c1-5-9(10(16)17)18-11(14-5)15-8-4-6(13)2-3-7(8)12/h2-4H,1H3,(H,14,15)(H,16,17). The molecule has 0 bridgehead atoms. The summed E-state index contributed by atoms with van der Waals surface area (Å²) in [6, 6.07) is 5.30. The molecule has 1 aromatic carbocycles. The van der Waals surface area contributed by atoms with E-state index in [1.165, 1.54) is 0 Å². The Morgan fingerprint density at radius 1 is 1.56 bits per heavy atom. The zero-order chi connectivity index (χ0) is 13.3. The first kappa shape index (κ1) is 13.3. The fourth-order valence-electron chi connectivity index (χ4n) is 1.36. The molecule has 0 saturated heterocycles. The zero-order valence-electron chi connectivity index (χ0n) is 9.20. The minimum Gasteiger partial charge on any atom is -0.477 e. The van der Waals surface area contributed by atoms with Gasteiger partial charge < -0.3 is 10.4 Å². The monoisotopic (exact) mass is 346 g/mol. The average molecular weight is 348 g/mol. The van der Waals surface area contributed by atoms with E-state index in [0.717, 1.165) is 21.5 Å². The Balaban J connectivity index is 2.31. The lowest BCUT2D eigenvalue weighted by Gasteiger charge is -2.05. The predicted octanol–water partition coefficient (Wildman–Crippen LogP) is 4.31. The van der Waals surface area contributed by atoms with Crippen LogP contribution in [-0.2, 0) is 0 Å². The molecule has 0 aliphatic rings. The summed E-state index contributed by atoms with van der Waals surface area (Å²) in [7, 11) is 0. The Morgan fingerprint density at radius 3 is 2.89 bits per heavy atom. The van der Waals surface area contributed by atoms with Crippen molar-refractivity contribution in [1.82, 2.24) is 4.98 Å². The van der Waals surface area contributed by atoms with Crippen LogP contribution in [0.4, 0.5) is 10.8 Å². The van der Waals surface area contributed by atoms with Crippen LogP contribution in [-0.4, -0.2) is 16.1 Å². The van der Waals surface area contributed by atoms with Gasteiger partial charge in [-0.25, -0.2) is 9.78 Å². The van der Waals surface area contributed by atoms with Crippen LogP contribution in [0.5, 0.6) is 0 Å². The molecule has 1 heterocycles. The molecule has 0 unspecified atom stereocenters. The number of aromatic nitrogens is 1. The van der Waals surface area contributed by atoms with Crippen LogP contribution in [0.15, 0.2) is 22.7 Å². The van der Waals surface area contributed by atoms with E-state index in [9.17, 15) is 4.79 Å². The molecule has 2 rings (SSSR count). The van der Waals surface area contributed by atoms with Gasteiger partial charge in [-0.05, 0) is 41.1 Å². The predicted molar refractivity (Wildman–Crippen MR) is 76.2 cm³/mol. The summed E-state index contributed by atoms with van der Waals surface area (Å²) in [6.07, 6.45) is 0. The van der Waals surface area contributed by atoms with Gasteiger partial charge in [-0.3, -0.25) is 0 Å². The highest BCUT2D eigenvalue weighted by Gasteiger charge is 2.14. The van der Waals surface area contributed by atoms with Crippen LogP contribution < -0.4 is 5.32 Å². The van der Waals surface area contributed by atoms with Crippen molar-refractivity contribution in [1.29, 1.82) is 0 Å². The smallest absolute Gasteiger partial charge is 0.347 e. The lowest BCUT2D eigenvalue weighted by Crippen LogP contribution is -1.94. The molecule has 2 aromatic rings. The summed E-state index contributed by atoms with van der Waals surface area (Å²) in [4.78, 5) is 15.3. The second-order valence-electron chi connectivity index (χ2n) is 3.49. The molecular formula is C11H8BrClN2O2S. The van der Waals surface area contributed by atoms with Gasteiger partial charge >= 0.3 is 5.97 Å². The SMILES string of the molecule is Cc1nc(Nc2cc(Cl)ccc2Br)sc1C(=O)O. The van der Waals surface area contributed by atoms with Gasteiger partial charge in [0.15, 0.2) is 5.13 Å². The second-order valence-corrected chi connectivity index (χ2v) is 5.78. The molecule has 0 radical (unpaired) electrons. The van der Waals surface area contributed by atoms with Crippen molar-refractivity contribution in [3.05, 3.63) is 38.3 Å². The lowest BCUT2D eigenvalue weighted by molar-refractivity contribution is 0.0701. The van der Waals surface area contributed by atoms with Crippen LogP contribution in [0.1, 0.15) is 15.4 Å². The molecule has 0 aliphatic heterocycles. The van der Waals surface area contributed by atoms with Gasteiger partial charge in [0, 0.05) is 9.50 Å². The molecule has 7 heteroatoms. The average Bonchev–Trinajstić information content (AvgIpc) is 2.65. The van der Waals surface area contributed by atoms with Crippen LogP contribution >= 0.6 is 38.9 Å². The van der Waals surface area contributed by atoms with E-state index in [-0.39, 0.29) is 4.88 Å². The Kier molecular flexibility index (Phi) is 3.89. The van der Waals surface area contributed by atoms with Crippen molar-refractivity contribution in [2.45, 2.75) is 6.92 Å². The third-order valence-electron chi connectivity index (χ3n) is 2.16. The number of hydrogen-bond donors (Lipinski definition) is 2. The first-order chi connectivity index (χ1) is 8.47. The molecule has 0 fully saturated rings. The third kappa shape index (κ3) is 2.82. The van der Waals surface area contributed by atoms with Gasteiger partial charge in [-0.15, -0.1) is 0 Å². The number of thiazole rings is 1. The van der Waals surface area contributed by atoms with Crippen LogP contribution in [0.2, 0.25) is 5.02 Å². The van der Waals surface area contributed by atoms with Crippen molar-refractivity contribution in [2.24, 2.45) is 0 Å². The molecular weight excluding hydrogens is 340 g/mol. The van der Waals surface area contributed by atoms with E-state index in [2.05, 4.69) is 26.2 Å². The number of benzene rings is 1. The van der Waals surface area contributed by atoms with Gasteiger partial charge in [0.1, 0.15) is 4.88 Å². The van der Waals surface area contributed by atoms with Crippen molar-refractivity contribution in [3.8, 4) is 0 Å². The maximum atomic E-state index is 10.9. The van der Waals surface area contributed by atoms with E-state index < -0.39 is 5.97 Å². The number of carboxylic acids is 1. The first-order valence-electron chi connectivity index (χ1n) is 4.90.